The van der Waals surface area contributed by atoms with Crippen LogP contribution >= 0.6 is 0 Å². The number of hydrogen-bond donors (Lipinski definition) is 1. The van der Waals surface area contributed by atoms with E-state index in [1.165, 1.54) is 12.8 Å². The second-order valence-electron chi connectivity index (χ2n) is 2.80. The number of unbranched alkanes of at least 4 members (excludes halogenated alkanes) is 3. The van der Waals surface area contributed by atoms with Crippen molar-refractivity contribution in [2.24, 2.45) is 5.73 Å². The normalized spacial score (nSPS) is 11.6. The van der Waals surface area contributed by atoms with Crippen molar-refractivity contribution in [3.8, 4) is 0 Å². The summed E-state index contributed by atoms with van der Waals surface area (Å²) in [5.74, 6) is 0. The zero-order valence-corrected chi connectivity index (χ0v) is 7.45. The lowest BCUT2D eigenvalue weighted by atomic mass is 10.1. The standard InChI is InChI=1S/C8H16N2O2/c1-2-3-4-5-6-8(9)7-10(11)12/h7H,2-6,9H2,1H3. The molecule has 4 nitrogen and oxygen atoms in total. The maximum atomic E-state index is 9.95. The third kappa shape index (κ3) is 7.05. The molecule has 0 rings (SSSR count). The fourth-order valence-electron chi connectivity index (χ4n) is 0.956. The molecule has 0 aliphatic heterocycles. The van der Waals surface area contributed by atoms with E-state index in [1.807, 2.05) is 0 Å². The Labute approximate surface area is 72.6 Å². The zero-order chi connectivity index (χ0) is 9.40. The fourth-order valence-corrected chi connectivity index (χ4v) is 0.956. The van der Waals surface area contributed by atoms with Crippen molar-refractivity contribution >= 4 is 0 Å². The van der Waals surface area contributed by atoms with Gasteiger partial charge in [-0.2, -0.15) is 0 Å². The maximum Gasteiger partial charge on any atom is 0.252 e. The molecule has 0 fully saturated rings. The van der Waals surface area contributed by atoms with Gasteiger partial charge in [-0.05, 0) is 12.8 Å². The van der Waals surface area contributed by atoms with Crippen molar-refractivity contribution in [3.63, 3.8) is 0 Å². The average Bonchev–Trinajstić information content (AvgIpc) is 1.97. The van der Waals surface area contributed by atoms with Crippen molar-refractivity contribution in [3.05, 3.63) is 22.0 Å². The van der Waals surface area contributed by atoms with Crippen molar-refractivity contribution in [2.75, 3.05) is 0 Å². The molecule has 70 valence electrons. The summed E-state index contributed by atoms with van der Waals surface area (Å²) in [5.41, 5.74) is 5.75. The van der Waals surface area contributed by atoms with Gasteiger partial charge in [-0.1, -0.05) is 26.2 Å². The van der Waals surface area contributed by atoms with Crippen LogP contribution in [0, 0.1) is 10.1 Å². The Hall–Kier alpha value is -1.06. The van der Waals surface area contributed by atoms with Crippen molar-refractivity contribution in [1.82, 2.24) is 0 Å². The molecule has 0 saturated carbocycles. The first kappa shape index (κ1) is 10.9. The van der Waals surface area contributed by atoms with Gasteiger partial charge < -0.3 is 5.73 Å². The predicted molar refractivity (Wildman–Crippen MR) is 48.0 cm³/mol. The van der Waals surface area contributed by atoms with Crippen LogP contribution in [-0.2, 0) is 0 Å². The first-order valence-corrected chi connectivity index (χ1v) is 4.26. The van der Waals surface area contributed by atoms with Crippen LogP contribution < -0.4 is 5.73 Å². The van der Waals surface area contributed by atoms with Crippen LogP contribution in [-0.4, -0.2) is 4.92 Å². The third-order valence-electron chi connectivity index (χ3n) is 1.59. The summed E-state index contributed by atoms with van der Waals surface area (Å²) in [7, 11) is 0. The van der Waals surface area contributed by atoms with E-state index in [0.29, 0.717) is 12.1 Å². The molecule has 0 saturated heterocycles. The summed E-state index contributed by atoms with van der Waals surface area (Å²) in [6.45, 7) is 2.12. The Morgan fingerprint density at radius 1 is 1.50 bits per heavy atom. The molecule has 4 heteroatoms. The van der Waals surface area contributed by atoms with Crippen LogP contribution in [0.3, 0.4) is 0 Å². The predicted octanol–water partition coefficient (Wildman–Crippen LogP) is 2.03. The lowest BCUT2D eigenvalue weighted by molar-refractivity contribution is -0.403. The molecule has 0 aromatic carbocycles. The van der Waals surface area contributed by atoms with Gasteiger partial charge in [0.25, 0.3) is 6.20 Å². The van der Waals surface area contributed by atoms with Crippen LogP contribution in [0.4, 0.5) is 0 Å². The number of nitrogens with zero attached hydrogens (tertiary/aromatic N) is 1. The van der Waals surface area contributed by atoms with Crippen LogP contribution in [0.1, 0.15) is 39.0 Å². The Bertz CT molecular complexity index is 166. The number of nitrogens with two attached hydrogens (primary N) is 1. The summed E-state index contributed by atoms with van der Waals surface area (Å²) in [6.07, 6.45) is 5.91. The van der Waals surface area contributed by atoms with Gasteiger partial charge in [0, 0.05) is 0 Å². The van der Waals surface area contributed by atoms with Crippen LogP contribution in [0.25, 0.3) is 0 Å². The lowest BCUT2D eigenvalue weighted by Gasteiger charge is -1.97. The molecular weight excluding hydrogens is 156 g/mol. The highest BCUT2D eigenvalue weighted by molar-refractivity contribution is 4.89. The average molecular weight is 172 g/mol. The molecule has 2 N–H and O–H groups in total. The first-order valence-electron chi connectivity index (χ1n) is 4.26. The molecule has 0 aromatic heterocycles. The number of hydrogen-bond acceptors (Lipinski definition) is 3. The highest BCUT2D eigenvalue weighted by atomic mass is 16.6. The minimum absolute atomic E-state index is 0.371. The van der Waals surface area contributed by atoms with Crippen molar-refractivity contribution in [2.45, 2.75) is 39.0 Å². The second kappa shape index (κ2) is 6.64. The maximum absolute atomic E-state index is 9.95. The number of nitro groups is 1. The topological polar surface area (TPSA) is 69.2 Å². The fraction of sp³-hybridized carbons (Fsp3) is 0.750. The molecule has 0 spiro atoms. The van der Waals surface area contributed by atoms with Crippen molar-refractivity contribution < 1.29 is 4.92 Å². The molecule has 12 heavy (non-hydrogen) atoms. The molecule has 0 bridgehead atoms. The quantitative estimate of drug-likeness (QED) is 0.378. The molecule has 0 radical (unpaired) electrons. The van der Waals surface area contributed by atoms with E-state index in [0.717, 1.165) is 19.0 Å². The second-order valence-corrected chi connectivity index (χ2v) is 2.80. The summed E-state index contributed by atoms with van der Waals surface area (Å²) in [5, 5.41) is 9.95. The monoisotopic (exact) mass is 172 g/mol. The Morgan fingerprint density at radius 2 is 2.17 bits per heavy atom. The highest BCUT2D eigenvalue weighted by Gasteiger charge is 1.96. The summed E-state index contributed by atoms with van der Waals surface area (Å²) >= 11 is 0. The van der Waals surface area contributed by atoms with Gasteiger partial charge in [-0.3, -0.25) is 10.1 Å². The van der Waals surface area contributed by atoms with E-state index in [2.05, 4.69) is 6.92 Å². The van der Waals surface area contributed by atoms with Gasteiger partial charge >= 0.3 is 0 Å². The van der Waals surface area contributed by atoms with E-state index in [1.54, 1.807) is 0 Å². The molecule has 0 unspecified atom stereocenters. The molecule has 0 amide bonds. The van der Waals surface area contributed by atoms with Gasteiger partial charge in [-0.15, -0.1) is 0 Å². The minimum atomic E-state index is -0.505. The van der Waals surface area contributed by atoms with E-state index >= 15 is 0 Å². The minimum Gasteiger partial charge on any atom is -0.397 e. The highest BCUT2D eigenvalue weighted by Crippen LogP contribution is 2.05. The van der Waals surface area contributed by atoms with E-state index in [-0.39, 0.29) is 0 Å². The Balaban J connectivity index is 3.43. The third-order valence-corrected chi connectivity index (χ3v) is 1.59. The van der Waals surface area contributed by atoms with Gasteiger partial charge in [0.2, 0.25) is 0 Å². The van der Waals surface area contributed by atoms with Crippen LogP contribution in [0.15, 0.2) is 11.9 Å². The molecule has 0 atom stereocenters. The van der Waals surface area contributed by atoms with Gasteiger partial charge in [-0.25, -0.2) is 0 Å². The lowest BCUT2D eigenvalue weighted by Crippen LogP contribution is -2.00. The van der Waals surface area contributed by atoms with E-state index in [9.17, 15) is 10.1 Å². The summed E-state index contributed by atoms with van der Waals surface area (Å²) in [4.78, 5) is 9.44. The number of rotatable bonds is 6. The van der Waals surface area contributed by atoms with Gasteiger partial charge in [0.05, 0.1) is 10.6 Å². The Kier molecular flexibility index (Phi) is 6.05. The van der Waals surface area contributed by atoms with Gasteiger partial charge in [0.15, 0.2) is 0 Å². The number of allylic oxidation sites excluding steroid dienone is 1. The van der Waals surface area contributed by atoms with Crippen LogP contribution in [0.2, 0.25) is 0 Å². The molecule has 0 aromatic rings. The zero-order valence-electron chi connectivity index (χ0n) is 7.45. The van der Waals surface area contributed by atoms with Gasteiger partial charge in [0.1, 0.15) is 0 Å². The van der Waals surface area contributed by atoms with Crippen LogP contribution in [0.5, 0.6) is 0 Å². The first-order chi connectivity index (χ1) is 5.66. The SMILES string of the molecule is CCCCCCC(N)=C[N+](=O)[O-]. The van der Waals surface area contributed by atoms with E-state index in [4.69, 9.17) is 5.73 Å². The largest absolute Gasteiger partial charge is 0.397 e. The van der Waals surface area contributed by atoms with Crippen molar-refractivity contribution in [1.29, 1.82) is 0 Å². The molecule has 0 aliphatic carbocycles. The summed E-state index contributed by atoms with van der Waals surface area (Å²) in [6, 6.07) is 0. The molecule has 0 heterocycles. The molecule has 0 aliphatic rings. The summed E-state index contributed by atoms with van der Waals surface area (Å²) < 4.78 is 0. The molecular formula is C8H16N2O2. The Morgan fingerprint density at radius 3 is 2.67 bits per heavy atom. The smallest absolute Gasteiger partial charge is 0.252 e. The van der Waals surface area contributed by atoms with E-state index < -0.39 is 4.92 Å².